The minimum Gasteiger partial charge on any atom is -0.330 e. The van der Waals surface area contributed by atoms with Crippen LogP contribution < -0.4 is 5.32 Å². The lowest BCUT2D eigenvalue weighted by molar-refractivity contribution is -0.160. The number of nitrogens with one attached hydrogen (secondary N) is 1. The summed E-state index contributed by atoms with van der Waals surface area (Å²) in [6.07, 6.45) is 8.60. The molecule has 1 aliphatic heterocycles. The molecule has 5 aliphatic rings. The van der Waals surface area contributed by atoms with Crippen molar-refractivity contribution in [3.8, 4) is 0 Å². The van der Waals surface area contributed by atoms with Crippen molar-refractivity contribution in [1.82, 2.24) is 4.90 Å². The third-order valence-electron chi connectivity index (χ3n) is 7.49. The molecular weight excluding hydrogens is 395 g/mol. The predicted molar refractivity (Wildman–Crippen MR) is 110 cm³/mol. The Morgan fingerprint density at radius 2 is 1.68 bits per heavy atom. The van der Waals surface area contributed by atoms with Gasteiger partial charge in [-0.2, -0.15) is 0 Å². The molecule has 2 amide bonds. The molecule has 0 spiro atoms. The molecular formula is C22H26Cl2N2O2. The molecule has 4 bridgehead atoms. The normalized spacial score (nSPS) is 36.0. The van der Waals surface area contributed by atoms with Crippen molar-refractivity contribution in [3.63, 3.8) is 0 Å². The molecule has 6 heteroatoms. The lowest BCUT2D eigenvalue weighted by Crippen LogP contribution is -2.56. The van der Waals surface area contributed by atoms with E-state index in [1.807, 2.05) is 4.90 Å². The quantitative estimate of drug-likeness (QED) is 0.735. The number of anilines is 1. The molecule has 6 rings (SSSR count). The SMILES string of the molecule is O=C(Nc1cc(Cl)ccc1Cl)C1CCCN1C(=O)C12CC3CC(CC(C3)C1)C2. The van der Waals surface area contributed by atoms with Gasteiger partial charge in [0.25, 0.3) is 0 Å². The molecule has 0 aromatic heterocycles. The van der Waals surface area contributed by atoms with Gasteiger partial charge in [-0.25, -0.2) is 0 Å². The molecule has 1 aromatic rings. The maximum Gasteiger partial charge on any atom is 0.247 e. The van der Waals surface area contributed by atoms with Crippen LogP contribution >= 0.6 is 23.2 Å². The van der Waals surface area contributed by atoms with Crippen LogP contribution in [-0.4, -0.2) is 29.3 Å². The van der Waals surface area contributed by atoms with Crippen molar-refractivity contribution in [2.75, 3.05) is 11.9 Å². The van der Waals surface area contributed by atoms with Gasteiger partial charge in [0.2, 0.25) is 11.8 Å². The maximum absolute atomic E-state index is 13.7. The third-order valence-corrected chi connectivity index (χ3v) is 8.06. The van der Waals surface area contributed by atoms with E-state index in [4.69, 9.17) is 23.2 Å². The summed E-state index contributed by atoms with van der Waals surface area (Å²) in [6, 6.07) is 4.61. The highest BCUT2D eigenvalue weighted by Crippen LogP contribution is 2.60. The fourth-order valence-electron chi connectivity index (χ4n) is 6.77. The Hall–Kier alpha value is -1.26. The van der Waals surface area contributed by atoms with E-state index in [1.54, 1.807) is 18.2 Å². The Morgan fingerprint density at radius 1 is 1.04 bits per heavy atom. The number of hydrogen-bond donors (Lipinski definition) is 1. The first kappa shape index (κ1) is 18.7. The average Bonchev–Trinajstić information content (AvgIpc) is 3.12. The molecule has 1 unspecified atom stereocenters. The van der Waals surface area contributed by atoms with Gasteiger partial charge < -0.3 is 10.2 Å². The van der Waals surface area contributed by atoms with Gasteiger partial charge in [0.15, 0.2) is 0 Å². The summed E-state index contributed by atoms with van der Waals surface area (Å²) in [4.78, 5) is 28.6. The summed E-state index contributed by atoms with van der Waals surface area (Å²) < 4.78 is 0. The Bertz CT molecular complexity index is 789. The summed E-state index contributed by atoms with van der Waals surface area (Å²) in [6.45, 7) is 0.682. The lowest BCUT2D eigenvalue weighted by Gasteiger charge is -2.56. The number of likely N-dealkylation sites (tertiary alicyclic amines) is 1. The van der Waals surface area contributed by atoms with Gasteiger partial charge in [-0.15, -0.1) is 0 Å². The van der Waals surface area contributed by atoms with Crippen molar-refractivity contribution in [2.45, 2.75) is 57.4 Å². The standard InChI is InChI=1S/C22H26Cl2N2O2/c23-16-3-4-17(24)18(9-16)25-20(27)19-2-1-5-26(19)21(28)22-10-13-6-14(11-22)8-15(7-13)12-22/h3-4,9,13-15,19H,1-2,5-8,10-12H2,(H,25,27). The number of halogens is 2. The van der Waals surface area contributed by atoms with E-state index in [9.17, 15) is 9.59 Å². The number of benzene rings is 1. The van der Waals surface area contributed by atoms with Crippen LogP contribution in [0.3, 0.4) is 0 Å². The smallest absolute Gasteiger partial charge is 0.247 e. The second-order valence-corrected chi connectivity index (χ2v) is 10.3. The first-order chi connectivity index (χ1) is 13.4. The van der Waals surface area contributed by atoms with E-state index in [2.05, 4.69) is 5.32 Å². The van der Waals surface area contributed by atoms with Crippen LogP contribution in [0.2, 0.25) is 10.0 Å². The Morgan fingerprint density at radius 3 is 2.32 bits per heavy atom. The number of nitrogens with zero attached hydrogens (tertiary/aromatic N) is 1. The molecule has 1 atom stereocenters. The van der Waals surface area contributed by atoms with E-state index in [0.717, 1.165) is 43.4 Å². The highest BCUT2D eigenvalue weighted by molar-refractivity contribution is 6.35. The molecule has 150 valence electrons. The van der Waals surface area contributed by atoms with Gasteiger partial charge in [0.05, 0.1) is 16.1 Å². The van der Waals surface area contributed by atoms with Gasteiger partial charge in [-0.05, 0) is 87.3 Å². The minimum absolute atomic E-state index is 0.153. The topological polar surface area (TPSA) is 49.4 Å². The number of hydrogen-bond acceptors (Lipinski definition) is 2. The fraction of sp³-hybridized carbons (Fsp3) is 0.636. The van der Waals surface area contributed by atoms with Crippen LogP contribution in [0, 0.1) is 23.2 Å². The summed E-state index contributed by atoms with van der Waals surface area (Å²) in [5.74, 6) is 2.24. The van der Waals surface area contributed by atoms with Gasteiger partial charge >= 0.3 is 0 Å². The van der Waals surface area contributed by atoms with Crippen molar-refractivity contribution in [1.29, 1.82) is 0 Å². The van der Waals surface area contributed by atoms with Crippen molar-refractivity contribution in [2.24, 2.45) is 23.2 Å². The molecule has 0 radical (unpaired) electrons. The summed E-state index contributed by atoms with van der Waals surface area (Å²) >= 11 is 12.2. The highest BCUT2D eigenvalue weighted by Gasteiger charge is 2.56. The van der Waals surface area contributed by atoms with E-state index >= 15 is 0 Å². The minimum atomic E-state index is -0.407. The van der Waals surface area contributed by atoms with E-state index in [0.29, 0.717) is 28.7 Å². The molecule has 1 heterocycles. The predicted octanol–water partition coefficient (Wildman–Crippen LogP) is 5.14. The van der Waals surface area contributed by atoms with Gasteiger partial charge in [0, 0.05) is 11.6 Å². The number of carbonyl (C=O) groups excluding carboxylic acids is 2. The Kier molecular flexibility index (Phi) is 4.63. The second-order valence-electron chi connectivity index (χ2n) is 9.47. The van der Waals surface area contributed by atoms with Crippen LogP contribution in [0.1, 0.15) is 51.4 Å². The summed E-state index contributed by atoms with van der Waals surface area (Å²) in [7, 11) is 0. The van der Waals surface area contributed by atoms with Crippen molar-refractivity contribution < 1.29 is 9.59 Å². The largest absolute Gasteiger partial charge is 0.330 e. The zero-order valence-corrected chi connectivity index (χ0v) is 17.4. The molecule has 4 saturated carbocycles. The zero-order valence-electron chi connectivity index (χ0n) is 15.9. The van der Waals surface area contributed by atoms with Crippen molar-refractivity contribution >= 4 is 40.7 Å². The molecule has 4 nitrogen and oxygen atoms in total. The van der Waals surface area contributed by atoms with Crippen LogP contribution in [0.15, 0.2) is 18.2 Å². The van der Waals surface area contributed by atoms with Crippen molar-refractivity contribution in [3.05, 3.63) is 28.2 Å². The fourth-order valence-corrected chi connectivity index (χ4v) is 7.11. The Labute approximate surface area is 175 Å². The lowest BCUT2D eigenvalue weighted by atomic mass is 9.49. The number of amides is 2. The summed E-state index contributed by atoms with van der Waals surface area (Å²) in [5, 5.41) is 3.88. The molecule has 4 aliphatic carbocycles. The molecule has 5 fully saturated rings. The number of carbonyl (C=O) groups is 2. The highest BCUT2D eigenvalue weighted by atomic mass is 35.5. The van der Waals surface area contributed by atoms with E-state index in [1.165, 1.54) is 19.3 Å². The molecule has 1 aromatic carbocycles. The summed E-state index contributed by atoms with van der Waals surface area (Å²) in [5.41, 5.74) is 0.305. The van der Waals surface area contributed by atoms with Gasteiger partial charge in [0.1, 0.15) is 6.04 Å². The van der Waals surface area contributed by atoms with E-state index < -0.39 is 6.04 Å². The monoisotopic (exact) mass is 420 g/mol. The zero-order chi connectivity index (χ0) is 19.5. The van der Waals surface area contributed by atoms with Crippen LogP contribution in [0.4, 0.5) is 5.69 Å². The second kappa shape index (κ2) is 6.91. The molecule has 1 N–H and O–H groups in total. The van der Waals surface area contributed by atoms with Crippen LogP contribution in [-0.2, 0) is 9.59 Å². The third kappa shape index (κ3) is 3.13. The van der Waals surface area contributed by atoms with Gasteiger partial charge in [-0.1, -0.05) is 23.2 Å². The first-order valence-electron chi connectivity index (χ1n) is 10.5. The van der Waals surface area contributed by atoms with Crippen LogP contribution in [0.25, 0.3) is 0 Å². The average molecular weight is 421 g/mol. The van der Waals surface area contributed by atoms with Gasteiger partial charge in [-0.3, -0.25) is 9.59 Å². The first-order valence-corrected chi connectivity index (χ1v) is 11.3. The molecule has 28 heavy (non-hydrogen) atoms. The molecule has 1 saturated heterocycles. The maximum atomic E-state index is 13.7. The van der Waals surface area contributed by atoms with E-state index in [-0.39, 0.29) is 17.2 Å². The Balaban J connectivity index is 1.34. The van der Waals surface area contributed by atoms with Crippen LogP contribution in [0.5, 0.6) is 0 Å². The number of rotatable bonds is 3.